The van der Waals surface area contributed by atoms with Crippen LogP contribution in [0.2, 0.25) is 0 Å². The lowest BCUT2D eigenvalue weighted by molar-refractivity contribution is 0.272. The Morgan fingerprint density at radius 2 is 1.81 bits per heavy atom. The lowest BCUT2D eigenvalue weighted by atomic mass is 9.98. The third-order valence-corrected chi connectivity index (χ3v) is 5.58. The Hall–Kier alpha value is -2.86. The van der Waals surface area contributed by atoms with Gasteiger partial charge in [-0.2, -0.15) is 5.10 Å². The van der Waals surface area contributed by atoms with Crippen LogP contribution in [-0.2, 0) is 0 Å². The smallest absolute Gasteiger partial charge is 0.203 e. The van der Waals surface area contributed by atoms with E-state index in [9.17, 15) is 0 Å². The Balaban J connectivity index is 1.69. The van der Waals surface area contributed by atoms with Gasteiger partial charge in [-0.3, -0.25) is 5.43 Å². The fraction of sp³-hybridized carbons (Fsp3) is 0.360. The van der Waals surface area contributed by atoms with Crippen LogP contribution < -0.4 is 14.9 Å². The van der Waals surface area contributed by atoms with Gasteiger partial charge >= 0.3 is 0 Å². The largest absolute Gasteiger partial charge is 0.490 e. The van der Waals surface area contributed by atoms with Crippen molar-refractivity contribution in [3.63, 3.8) is 0 Å². The van der Waals surface area contributed by atoms with Crippen molar-refractivity contribution in [3.05, 3.63) is 58.0 Å². The summed E-state index contributed by atoms with van der Waals surface area (Å²) in [5.41, 5.74) is 9.89. The van der Waals surface area contributed by atoms with Crippen molar-refractivity contribution in [3.8, 4) is 22.8 Å². The number of nitrogens with zero attached hydrogens (tertiary/aromatic N) is 2. The lowest BCUT2D eigenvalue weighted by Crippen LogP contribution is -2.01. The highest BCUT2D eigenvalue weighted by Crippen LogP contribution is 2.31. The van der Waals surface area contributed by atoms with E-state index < -0.39 is 0 Å². The number of ether oxygens (including phenoxy) is 2. The molecule has 164 valence electrons. The summed E-state index contributed by atoms with van der Waals surface area (Å²) in [5, 5.41) is 7.19. The maximum atomic E-state index is 5.84. The van der Waals surface area contributed by atoms with Crippen molar-refractivity contribution in [2.75, 3.05) is 18.6 Å². The molecule has 0 bridgehead atoms. The van der Waals surface area contributed by atoms with Crippen molar-refractivity contribution >= 4 is 22.7 Å². The number of anilines is 1. The van der Waals surface area contributed by atoms with Gasteiger partial charge in [0.15, 0.2) is 11.5 Å². The average Bonchev–Trinajstić information content (AvgIpc) is 3.17. The number of hydrazone groups is 1. The normalized spacial score (nSPS) is 11.1. The average molecular weight is 438 g/mol. The number of thiazole rings is 1. The second-order valence-electron chi connectivity index (χ2n) is 7.52. The van der Waals surface area contributed by atoms with Crippen LogP contribution >= 0.6 is 11.3 Å². The fourth-order valence-corrected chi connectivity index (χ4v) is 4.16. The number of aryl methyl sites for hydroxylation is 3. The Morgan fingerprint density at radius 1 is 1.03 bits per heavy atom. The molecule has 0 aliphatic heterocycles. The van der Waals surface area contributed by atoms with Gasteiger partial charge in [-0.25, -0.2) is 4.98 Å². The van der Waals surface area contributed by atoms with Crippen LogP contribution in [0.5, 0.6) is 11.5 Å². The standard InChI is InChI=1S/C25H31N3O2S/c1-6-8-11-30-22-10-9-20(14-23(22)29-7-2)15-26-28-25-27-21(16-31-25)24-18(4)12-17(3)13-19(24)5/h9-10,12-16H,6-8,11H2,1-5H3,(H,27,28)/b26-15-. The molecule has 0 aliphatic rings. The van der Waals surface area contributed by atoms with Gasteiger partial charge in [0.2, 0.25) is 5.13 Å². The summed E-state index contributed by atoms with van der Waals surface area (Å²) in [7, 11) is 0. The van der Waals surface area contributed by atoms with E-state index in [-0.39, 0.29) is 0 Å². The van der Waals surface area contributed by atoms with E-state index in [0.717, 1.165) is 40.7 Å². The molecule has 1 heterocycles. The zero-order chi connectivity index (χ0) is 22.2. The summed E-state index contributed by atoms with van der Waals surface area (Å²) in [4.78, 5) is 4.71. The Labute approximate surface area is 189 Å². The van der Waals surface area contributed by atoms with E-state index in [0.29, 0.717) is 13.2 Å². The van der Waals surface area contributed by atoms with Crippen LogP contribution in [0.25, 0.3) is 11.3 Å². The first-order chi connectivity index (χ1) is 15.0. The van der Waals surface area contributed by atoms with Crippen LogP contribution in [-0.4, -0.2) is 24.4 Å². The number of aromatic nitrogens is 1. The molecule has 0 unspecified atom stereocenters. The summed E-state index contributed by atoms with van der Waals surface area (Å²) in [5.74, 6) is 1.51. The van der Waals surface area contributed by atoms with Gasteiger partial charge in [0, 0.05) is 10.9 Å². The molecule has 31 heavy (non-hydrogen) atoms. The highest BCUT2D eigenvalue weighted by atomic mass is 32.1. The minimum atomic E-state index is 0.586. The van der Waals surface area contributed by atoms with Crippen LogP contribution in [0.4, 0.5) is 5.13 Å². The molecule has 6 heteroatoms. The third-order valence-electron chi connectivity index (χ3n) is 4.83. The molecule has 0 spiro atoms. The van der Waals surface area contributed by atoms with Gasteiger partial charge in [0.1, 0.15) is 0 Å². The van der Waals surface area contributed by atoms with Gasteiger partial charge in [-0.05, 0) is 69.0 Å². The topological polar surface area (TPSA) is 55.7 Å². The quantitative estimate of drug-likeness (QED) is 0.216. The second-order valence-corrected chi connectivity index (χ2v) is 8.38. The molecule has 0 saturated heterocycles. The molecule has 0 atom stereocenters. The lowest BCUT2D eigenvalue weighted by Gasteiger charge is -2.12. The molecular weight excluding hydrogens is 406 g/mol. The number of rotatable bonds is 10. The first-order valence-corrected chi connectivity index (χ1v) is 11.6. The zero-order valence-corrected chi connectivity index (χ0v) is 19.8. The number of nitrogens with one attached hydrogen (secondary N) is 1. The number of unbranched alkanes of at least 4 members (excludes halogenated alkanes) is 1. The van der Waals surface area contributed by atoms with Gasteiger partial charge in [0.25, 0.3) is 0 Å². The van der Waals surface area contributed by atoms with Gasteiger partial charge < -0.3 is 9.47 Å². The molecule has 0 aliphatic carbocycles. The third kappa shape index (κ3) is 6.07. The van der Waals surface area contributed by atoms with Crippen LogP contribution in [0.15, 0.2) is 40.8 Å². The monoisotopic (exact) mass is 437 g/mol. The highest BCUT2D eigenvalue weighted by molar-refractivity contribution is 7.14. The second kappa shape index (κ2) is 11.0. The molecule has 5 nitrogen and oxygen atoms in total. The maximum absolute atomic E-state index is 5.84. The van der Waals surface area contributed by atoms with Crippen molar-refractivity contribution in [2.24, 2.45) is 5.10 Å². The summed E-state index contributed by atoms with van der Waals surface area (Å²) in [6.45, 7) is 11.8. The Bertz CT molecular complexity index is 1020. The van der Waals surface area contributed by atoms with E-state index in [1.54, 1.807) is 17.6 Å². The first kappa shape index (κ1) is 22.8. The van der Waals surface area contributed by atoms with E-state index in [4.69, 9.17) is 14.5 Å². The van der Waals surface area contributed by atoms with Crippen molar-refractivity contribution in [1.82, 2.24) is 4.98 Å². The SMILES string of the molecule is CCCCOc1ccc(/C=N\Nc2nc(-c3c(C)cc(C)cc3C)cs2)cc1OCC. The van der Waals surface area contributed by atoms with E-state index in [1.807, 2.05) is 25.1 Å². The minimum Gasteiger partial charge on any atom is -0.490 e. The van der Waals surface area contributed by atoms with Crippen LogP contribution in [0.1, 0.15) is 48.9 Å². The summed E-state index contributed by atoms with van der Waals surface area (Å²) < 4.78 is 11.6. The predicted octanol–water partition coefficient (Wildman–Crippen LogP) is 6.76. The molecule has 0 radical (unpaired) electrons. The number of benzene rings is 2. The predicted molar refractivity (Wildman–Crippen MR) is 131 cm³/mol. The summed E-state index contributed by atoms with van der Waals surface area (Å²) >= 11 is 1.55. The van der Waals surface area contributed by atoms with Crippen LogP contribution in [0, 0.1) is 20.8 Å². The van der Waals surface area contributed by atoms with E-state index >= 15 is 0 Å². The van der Waals surface area contributed by atoms with Crippen molar-refractivity contribution < 1.29 is 9.47 Å². The van der Waals surface area contributed by atoms with Crippen LogP contribution in [0.3, 0.4) is 0 Å². The molecule has 0 amide bonds. The van der Waals surface area contributed by atoms with Gasteiger partial charge in [-0.15, -0.1) is 11.3 Å². The molecule has 2 aromatic carbocycles. The van der Waals surface area contributed by atoms with Crippen molar-refractivity contribution in [2.45, 2.75) is 47.5 Å². The summed E-state index contributed by atoms with van der Waals surface area (Å²) in [6, 6.07) is 10.2. The maximum Gasteiger partial charge on any atom is 0.203 e. The molecule has 3 aromatic rings. The molecule has 1 N–H and O–H groups in total. The molecular formula is C25H31N3O2S. The highest BCUT2D eigenvalue weighted by Gasteiger charge is 2.11. The van der Waals surface area contributed by atoms with Crippen molar-refractivity contribution in [1.29, 1.82) is 0 Å². The van der Waals surface area contributed by atoms with E-state index in [2.05, 4.69) is 55.7 Å². The Kier molecular flexibility index (Phi) is 8.06. The van der Waals surface area contributed by atoms with E-state index in [1.165, 1.54) is 22.3 Å². The number of hydrogen-bond acceptors (Lipinski definition) is 6. The molecule has 1 aromatic heterocycles. The molecule has 3 rings (SSSR count). The van der Waals surface area contributed by atoms with Gasteiger partial charge in [0.05, 0.1) is 25.1 Å². The zero-order valence-electron chi connectivity index (χ0n) is 19.0. The Morgan fingerprint density at radius 3 is 2.52 bits per heavy atom. The number of hydrogen-bond donors (Lipinski definition) is 1. The fourth-order valence-electron chi connectivity index (χ4n) is 3.50. The van der Waals surface area contributed by atoms with Gasteiger partial charge in [-0.1, -0.05) is 31.0 Å². The first-order valence-electron chi connectivity index (χ1n) is 10.7. The molecule has 0 saturated carbocycles. The minimum absolute atomic E-state index is 0.586. The summed E-state index contributed by atoms with van der Waals surface area (Å²) in [6.07, 6.45) is 3.89. The molecule has 0 fully saturated rings.